The van der Waals surface area contributed by atoms with Gasteiger partial charge in [0.1, 0.15) is 5.75 Å². The summed E-state index contributed by atoms with van der Waals surface area (Å²) in [5.74, 6) is 0.344. The molecule has 0 unspecified atom stereocenters. The van der Waals surface area contributed by atoms with E-state index in [1.54, 1.807) is 54.6 Å². The van der Waals surface area contributed by atoms with Crippen LogP contribution in [0.3, 0.4) is 0 Å². The first kappa shape index (κ1) is 30.7. The molecule has 10 heteroatoms. The fourth-order valence-corrected chi connectivity index (χ4v) is 6.40. The van der Waals surface area contributed by atoms with Gasteiger partial charge < -0.3 is 19.9 Å². The van der Waals surface area contributed by atoms with Gasteiger partial charge in [-0.3, -0.25) is 4.79 Å². The first-order chi connectivity index (χ1) is 19.7. The second-order valence-electron chi connectivity index (χ2n) is 10.3. The molecule has 1 heterocycles. The lowest BCUT2D eigenvalue weighted by atomic mass is 9.85. The van der Waals surface area contributed by atoms with Crippen molar-refractivity contribution in [1.29, 1.82) is 0 Å². The number of aliphatic hydroxyl groups is 1. The second kappa shape index (κ2) is 13.6. The van der Waals surface area contributed by atoms with Crippen molar-refractivity contribution in [3.8, 4) is 5.75 Å². The van der Waals surface area contributed by atoms with E-state index in [0.29, 0.717) is 36.4 Å². The lowest BCUT2D eigenvalue weighted by molar-refractivity contribution is -0.129. The molecule has 0 aliphatic carbocycles. The number of benzene rings is 3. The van der Waals surface area contributed by atoms with Gasteiger partial charge in [-0.2, -0.15) is 0 Å². The number of nitrogens with one attached hydrogen (secondary N) is 1. The van der Waals surface area contributed by atoms with Crippen LogP contribution in [0, 0.1) is 5.92 Å². The third-order valence-corrected chi connectivity index (χ3v) is 9.20. The molecule has 2 atom stereocenters. The summed E-state index contributed by atoms with van der Waals surface area (Å²) in [5.41, 5.74) is -0.236. The van der Waals surface area contributed by atoms with Gasteiger partial charge in [0.2, 0.25) is 5.90 Å². The molecule has 218 valence electrons. The summed E-state index contributed by atoms with van der Waals surface area (Å²) in [4.78, 5) is 19.1. The van der Waals surface area contributed by atoms with Gasteiger partial charge in [0.05, 0.1) is 17.3 Å². The molecule has 1 amide bonds. The Bertz CT molecular complexity index is 1460. The Morgan fingerprint density at radius 1 is 1.07 bits per heavy atom. The lowest BCUT2D eigenvalue weighted by Crippen LogP contribution is -2.50. The molecule has 41 heavy (non-hydrogen) atoms. The number of aliphatic hydroxyl groups excluding tert-OH is 1. The number of aliphatic imine (C=N–C) groups is 1. The normalized spacial score (nSPS) is 18.6. The van der Waals surface area contributed by atoms with Gasteiger partial charge in [-0.05, 0) is 48.4 Å². The summed E-state index contributed by atoms with van der Waals surface area (Å²) in [7, 11) is -3.72. The Morgan fingerprint density at radius 2 is 1.76 bits per heavy atom. The molecule has 1 aliphatic heterocycles. The Balaban J connectivity index is 1.77. The van der Waals surface area contributed by atoms with Crippen LogP contribution in [0.4, 0.5) is 0 Å². The summed E-state index contributed by atoms with van der Waals surface area (Å²) < 4.78 is 39.6. The highest BCUT2D eigenvalue weighted by Gasteiger charge is 2.54. The largest absolute Gasteiger partial charge is 0.494 e. The number of sulfone groups is 1. The van der Waals surface area contributed by atoms with E-state index in [9.17, 15) is 13.2 Å². The third kappa shape index (κ3) is 7.36. The molecule has 0 bridgehead atoms. The third-order valence-electron chi connectivity index (χ3n) is 6.74. The number of hydrogen-bond acceptors (Lipinski definition) is 7. The zero-order valence-electron chi connectivity index (χ0n) is 23.1. The first-order valence-electron chi connectivity index (χ1n) is 13.6. The van der Waals surface area contributed by atoms with Crippen LogP contribution in [0.2, 0.25) is 0 Å². The highest BCUT2D eigenvalue weighted by atomic mass is 79.9. The maximum atomic E-state index is 14.0. The van der Waals surface area contributed by atoms with Crippen LogP contribution in [0.5, 0.6) is 5.75 Å². The molecule has 0 aromatic heterocycles. The van der Waals surface area contributed by atoms with Gasteiger partial charge in [0.25, 0.3) is 5.91 Å². The predicted octanol–water partition coefficient (Wildman–Crippen LogP) is 5.10. The van der Waals surface area contributed by atoms with Gasteiger partial charge in [-0.15, -0.1) is 0 Å². The molecule has 0 saturated carbocycles. The Kier molecular flexibility index (Phi) is 10.2. The number of nitrogens with zero attached hydrogens (tertiary/aromatic N) is 1. The van der Waals surface area contributed by atoms with Crippen LogP contribution in [-0.2, 0) is 19.4 Å². The van der Waals surface area contributed by atoms with Gasteiger partial charge >= 0.3 is 0 Å². The molecule has 0 saturated heterocycles. The average Bonchev–Trinajstić information content (AvgIpc) is 3.37. The molecular formula is C31H35BrN2O6S. The van der Waals surface area contributed by atoms with Crippen molar-refractivity contribution in [2.75, 3.05) is 25.5 Å². The van der Waals surface area contributed by atoms with Crippen molar-refractivity contribution in [3.05, 3.63) is 94.5 Å². The van der Waals surface area contributed by atoms with Gasteiger partial charge in [0.15, 0.2) is 21.5 Å². The number of hydrogen-bond donors (Lipinski definition) is 2. The number of carbonyl (C=O) groups is 1. The number of ether oxygens (including phenoxy) is 2. The van der Waals surface area contributed by atoms with E-state index in [1.807, 2.05) is 38.1 Å². The summed E-state index contributed by atoms with van der Waals surface area (Å²) in [5, 5.41) is 12.0. The highest BCUT2D eigenvalue weighted by molar-refractivity contribution is 9.10. The minimum atomic E-state index is -3.72. The van der Waals surface area contributed by atoms with E-state index >= 15 is 0 Å². The Morgan fingerprint density at radius 3 is 2.41 bits per heavy atom. The lowest BCUT2D eigenvalue weighted by Gasteiger charge is -2.31. The molecule has 2 N–H and O–H groups in total. The number of carbonyl (C=O) groups excluding carboxylic acids is 1. The van der Waals surface area contributed by atoms with E-state index < -0.39 is 27.4 Å². The molecule has 0 radical (unpaired) electrons. The summed E-state index contributed by atoms with van der Waals surface area (Å²) in [6, 6.07) is 22.7. The average molecular weight is 644 g/mol. The van der Waals surface area contributed by atoms with Crippen LogP contribution in [-0.4, -0.2) is 56.4 Å². The quantitative estimate of drug-likeness (QED) is 0.251. The van der Waals surface area contributed by atoms with E-state index in [-0.39, 0.29) is 35.5 Å². The molecule has 4 rings (SSSR count). The molecule has 8 nitrogen and oxygen atoms in total. The van der Waals surface area contributed by atoms with Gasteiger partial charge in [-0.1, -0.05) is 66.2 Å². The summed E-state index contributed by atoms with van der Waals surface area (Å²) in [6.45, 7) is 4.80. The number of rotatable bonds is 13. The van der Waals surface area contributed by atoms with Crippen LogP contribution < -0.4 is 10.1 Å². The number of halogens is 1. The van der Waals surface area contributed by atoms with Crippen LogP contribution in [0.15, 0.2) is 93.2 Å². The minimum absolute atomic E-state index is 0.0418. The monoisotopic (exact) mass is 642 g/mol. The standard InChI is InChI=1S/C31H35BrN2O6S/c1-22(2)21-33-30(36)31(17-20-41(37,38)25-9-4-3-5-10-25)28(26-11-6-7-12-27(26)32)40-29(34-31)23-13-15-24(16-14-23)39-19-8-18-35/h3-7,9-16,22,28,35H,8,17-21H2,1-2H3,(H,33,36)/t28-,31-/m1/s1. The zero-order valence-corrected chi connectivity index (χ0v) is 25.5. The minimum Gasteiger partial charge on any atom is -0.494 e. The fraction of sp³-hybridized carbons (Fsp3) is 0.355. The van der Waals surface area contributed by atoms with Crippen LogP contribution >= 0.6 is 15.9 Å². The van der Waals surface area contributed by atoms with Crippen molar-refractivity contribution in [2.45, 2.75) is 43.2 Å². The maximum Gasteiger partial charge on any atom is 0.252 e. The molecule has 0 spiro atoms. The second-order valence-corrected chi connectivity index (χ2v) is 13.3. The molecular weight excluding hydrogens is 608 g/mol. The van der Waals surface area contributed by atoms with Gasteiger partial charge in [-0.25, -0.2) is 13.4 Å². The molecule has 3 aromatic rings. The predicted molar refractivity (Wildman–Crippen MR) is 162 cm³/mol. The van der Waals surface area contributed by atoms with E-state index in [0.717, 1.165) is 4.47 Å². The number of amides is 1. The van der Waals surface area contributed by atoms with E-state index in [2.05, 4.69) is 21.2 Å². The fourth-order valence-electron chi connectivity index (χ4n) is 4.52. The van der Waals surface area contributed by atoms with E-state index in [4.69, 9.17) is 19.6 Å². The summed E-state index contributed by atoms with van der Waals surface area (Å²) >= 11 is 3.60. The van der Waals surface area contributed by atoms with Crippen molar-refractivity contribution in [1.82, 2.24) is 5.32 Å². The SMILES string of the molecule is CC(C)CNC(=O)[C@]1(CCS(=O)(=O)c2ccccc2)N=C(c2ccc(OCCCO)cc2)O[C@@H]1c1ccccc1Br. The molecule has 1 aliphatic rings. The van der Waals surface area contributed by atoms with Crippen molar-refractivity contribution < 1.29 is 27.8 Å². The maximum absolute atomic E-state index is 14.0. The van der Waals surface area contributed by atoms with Crippen molar-refractivity contribution >= 4 is 37.6 Å². The smallest absolute Gasteiger partial charge is 0.252 e. The zero-order chi connectivity index (χ0) is 29.5. The van der Waals surface area contributed by atoms with Crippen LogP contribution in [0.1, 0.15) is 43.9 Å². The van der Waals surface area contributed by atoms with Gasteiger partial charge in [0, 0.05) is 41.6 Å². The summed E-state index contributed by atoms with van der Waals surface area (Å²) in [6.07, 6.45) is -0.455. The van der Waals surface area contributed by atoms with Crippen molar-refractivity contribution in [2.24, 2.45) is 10.9 Å². The Labute approximate surface area is 249 Å². The van der Waals surface area contributed by atoms with E-state index in [1.165, 1.54) is 0 Å². The topological polar surface area (TPSA) is 114 Å². The Hall–Kier alpha value is -3.21. The first-order valence-corrected chi connectivity index (χ1v) is 16.0. The molecule has 3 aromatic carbocycles. The van der Waals surface area contributed by atoms with Crippen molar-refractivity contribution in [3.63, 3.8) is 0 Å². The molecule has 0 fully saturated rings. The van der Waals surface area contributed by atoms with Crippen LogP contribution in [0.25, 0.3) is 0 Å². The highest BCUT2D eigenvalue weighted by Crippen LogP contribution is 2.45.